The Labute approximate surface area is 214 Å². The van der Waals surface area contributed by atoms with E-state index in [-0.39, 0.29) is 11.9 Å². The van der Waals surface area contributed by atoms with Crippen LogP contribution >= 0.6 is 0 Å². The van der Waals surface area contributed by atoms with Gasteiger partial charge in [-0.2, -0.15) is 0 Å². The van der Waals surface area contributed by atoms with Crippen molar-refractivity contribution in [2.75, 3.05) is 24.7 Å². The zero-order valence-corrected chi connectivity index (χ0v) is 21.2. The highest BCUT2D eigenvalue weighted by Gasteiger charge is 2.26. The third-order valence-corrected chi connectivity index (χ3v) is 8.25. The van der Waals surface area contributed by atoms with Gasteiger partial charge in [0.25, 0.3) is 0 Å². The number of piperidine rings is 1. The van der Waals surface area contributed by atoms with Crippen molar-refractivity contribution in [2.24, 2.45) is 9.98 Å². The molecule has 0 saturated carbocycles. The van der Waals surface area contributed by atoms with Crippen LogP contribution in [0.3, 0.4) is 0 Å². The molecule has 0 unspecified atom stereocenters. The van der Waals surface area contributed by atoms with Crippen molar-refractivity contribution in [2.45, 2.75) is 18.9 Å². The molecule has 37 heavy (non-hydrogen) atoms. The van der Waals surface area contributed by atoms with Crippen molar-refractivity contribution >= 4 is 32.2 Å². The number of aromatic amines is 1. The van der Waals surface area contributed by atoms with E-state index in [0.717, 1.165) is 51.3 Å². The molecule has 188 valence electrons. The van der Waals surface area contributed by atoms with E-state index in [1.165, 1.54) is 10.6 Å². The van der Waals surface area contributed by atoms with E-state index < -0.39 is 10.0 Å². The van der Waals surface area contributed by atoms with Gasteiger partial charge >= 0.3 is 0 Å². The summed E-state index contributed by atoms with van der Waals surface area (Å²) in [6.07, 6.45) is 2.71. The fourth-order valence-corrected chi connectivity index (χ4v) is 5.97. The quantitative estimate of drug-likeness (QED) is 0.380. The molecule has 4 aromatic rings. The number of benzene rings is 3. The minimum Gasteiger partial charge on any atom is -0.494 e. The fourth-order valence-electron chi connectivity index (χ4n) is 5.10. The van der Waals surface area contributed by atoms with Gasteiger partial charge in [-0.3, -0.25) is 0 Å². The second-order valence-corrected chi connectivity index (χ2v) is 11.4. The van der Waals surface area contributed by atoms with Gasteiger partial charge in [-0.15, -0.1) is 0 Å². The van der Waals surface area contributed by atoms with Crippen molar-refractivity contribution in [3.8, 4) is 5.88 Å². The number of hydrogen-bond donors (Lipinski definition) is 3. The minimum atomic E-state index is -3.17. The first-order valence-electron chi connectivity index (χ1n) is 12.3. The molecule has 3 N–H and O–H groups in total. The predicted octanol–water partition coefficient (Wildman–Crippen LogP) is 3.38. The van der Waals surface area contributed by atoms with Crippen LogP contribution in [0.5, 0.6) is 5.88 Å². The Balaban J connectivity index is 1.42. The van der Waals surface area contributed by atoms with Gasteiger partial charge in [0.15, 0.2) is 11.7 Å². The van der Waals surface area contributed by atoms with Gasteiger partial charge in [0, 0.05) is 41.3 Å². The lowest BCUT2D eigenvalue weighted by molar-refractivity contribution is 0.332. The third kappa shape index (κ3) is 4.52. The van der Waals surface area contributed by atoms with E-state index >= 15 is 0 Å². The summed E-state index contributed by atoms with van der Waals surface area (Å²) in [5, 5.41) is 17.1. The number of nitrogens with one attached hydrogen (secondary N) is 2. The molecule has 8 nitrogen and oxygen atoms in total. The summed E-state index contributed by atoms with van der Waals surface area (Å²) in [4.78, 5) is 12.7. The monoisotopic (exact) mass is 513 g/mol. The molecular weight excluding hydrogens is 486 g/mol. The van der Waals surface area contributed by atoms with Crippen LogP contribution in [0.1, 0.15) is 24.0 Å². The zero-order valence-electron chi connectivity index (χ0n) is 20.3. The highest BCUT2D eigenvalue weighted by molar-refractivity contribution is 7.88. The number of para-hydroxylation sites is 2. The highest BCUT2D eigenvalue weighted by atomic mass is 32.2. The molecule has 0 spiro atoms. The van der Waals surface area contributed by atoms with Gasteiger partial charge in [-0.1, -0.05) is 42.5 Å². The van der Waals surface area contributed by atoms with Crippen LogP contribution in [0.25, 0.3) is 16.5 Å². The average molecular weight is 514 g/mol. The Morgan fingerprint density at radius 1 is 0.973 bits per heavy atom. The number of nitrogens with zero attached hydrogens (tertiary/aromatic N) is 3. The Morgan fingerprint density at radius 3 is 2.27 bits per heavy atom. The normalized spacial score (nSPS) is 16.3. The molecule has 0 aliphatic carbocycles. The van der Waals surface area contributed by atoms with E-state index in [4.69, 9.17) is 9.98 Å². The first-order chi connectivity index (χ1) is 17.9. The van der Waals surface area contributed by atoms with Crippen LogP contribution < -0.4 is 16.0 Å². The molecule has 3 aromatic carbocycles. The number of sulfonamides is 1. The maximum absolute atomic E-state index is 11.9. The Hall–Kier alpha value is -3.95. The number of fused-ring (bicyclic) bond motifs is 2. The van der Waals surface area contributed by atoms with Crippen molar-refractivity contribution in [1.29, 1.82) is 0 Å². The molecule has 0 atom stereocenters. The summed E-state index contributed by atoms with van der Waals surface area (Å²) in [5.74, 6) is 0.608. The highest BCUT2D eigenvalue weighted by Crippen LogP contribution is 2.40. The molecule has 2 aliphatic rings. The third-order valence-electron chi connectivity index (χ3n) is 6.94. The van der Waals surface area contributed by atoms with Gasteiger partial charge in [-0.25, -0.2) is 22.7 Å². The lowest BCUT2D eigenvalue weighted by Gasteiger charge is -2.31. The summed E-state index contributed by atoms with van der Waals surface area (Å²) in [6, 6.07) is 23.7. The molecule has 1 fully saturated rings. The molecule has 0 radical (unpaired) electrons. The van der Waals surface area contributed by atoms with Gasteiger partial charge in [0.1, 0.15) is 0 Å². The first-order valence-corrected chi connectivity index (χ1v) is 14.1. The van der Waals surface area contributed by atoms with E-state index in [1.807, 2.05) is 72.8 Å². The fraction of sp³-hybridized carbons (Fsp3) is 0.214. The Bertz CT molecular complexity index is 1720. The number of hydrogen-bond acceptors (Lipinski definition) is 6. The van der Waals surface area contributed by atoms with Gasteiger partial charge < -0.3 is 15.4 Å². The number of aromatic hydroxyl groups is 1. The van der Waals surface area contributed by atoms with E-state index in [1.54, 1.807) is 0 Å². The molecule has 9 heteroatoms. The molecule has 1 aromatic heterocycles. The maximum Gasteiger partial charge on any atom is 0.211 e. The summed E-state index contributed by atoms with van der Waals surface area (Å²) >= 11 is 0. The smallest absolute Gasteiger partial charge is 0.211 e. The number of anilines is 1. The van der Waals surface area contributed by atoms with Crippen LogP contribution in [0, 0.1) is 0 Å². The summed E-state index contributed by atoms with van der Waals surface area (Å²) < 4.78 is 25.2. The van der Waals surface area contributed by atoms with Gasteiger partial charge in [0.2, 0.25) is 10.0 Å². The topological polar surface area (TPSA) is 110 Å². The molecule has 2 aliphatic heterocycles. The van der Waals surface area contributed by atoms with Crippen molar-refractivity contribution in [3.63, 3.8) is 0 Å². The second kappa shape index (κ2) is 9.17. The van der Waals surface area contributed by atoms with Gasteiger partial charge in [0.05, 0.1) is 22.5 Å². The Kier molecular flexibility index (Phi) is 5.81. The number of aromatic nitrogens is 1. The molecule has 1 saturated heterocycles. The molecule has 0 bridgehead atoms. The van der Waals surface area contributed by atoms with E-state index in [9.17, 15) is 13.5 Å². The van der Waals surface area contributed by atoms with Crippen LogP contribution in [0.4, 0.5) is 5.69 Å². The predicted molar refractivity (Wildman–Crippen MR) is 144 cm³/mol. The maximum atomic E-state index is 11.9. The SMILES string of the molecule is CS(=O)(=O)N1CCC(Nc2ccc3[nH]c(O)c(C(=C4N=c5ccccc5=N4)c4ccccc4)c3c2)CC1. The minimum absolute atomic E-state index is 0.0568. The molecule has 0 amide bonds. The largest absolute Gasteiger partial charge is 0.494 e. The standard InChI is InChI=1S/C28H27N5O3S/c1-37(35,36)33-15-13-19(14-16-33)29-20-11-12-22-21(17-20)26(28(34)32-22)25(18-7-3-2-4-8-18)27-30-23-9-5-6-10-24(23)31-27/h2-12,17,19,29,32,34H,13-16H2,1H3. The van der Waals surface area contributed by atoms with Crippen LogP contribution in [-0.4, -0.2) is 48.2 Å². The molecular formula is C28H27N5O3S. The van der Waals surface area contributed by atoms with Crippen molar-refractivity contribution in [1.82, 2.24) is 9.29 Å². The summed E-state index contributed by atoms with van der Waals surface area (Å²) in [5.41, 5.74) is 4.01. The van der Waals surface area contributed by atoms with Gasteiger partial charge in [-0.05, 0) is 48.7 Å². The zero-order chi connectivity index (χ0) is 25.6. The summed E-state index contributed by atoms with van der Waals surface area (Å²) in [7, 11) is -3.17. The Morgan fingerprint density at radius 2 is 1.62 bits per heavy atom. The van der Waals surface area contributed by atoms with Crippen LogP contribution in [-0.2, 0) is 10.0 Å². The van der Waals surface area contributed by atoms with Crippen molar-refractivity contribution in [3.05, 3.63) is 100 Å². The number of H-pyrrole nitrogens is 1. The van der Waals surface area contributed by atoms with Crippen molar-refractivity contribution < 1.29 is 13.5 Å². The molecule has 6 rings (SSSR count). The van der Waals surface area contributed by atoms with Crippen LogP contribution in [0.2, 0.25) is 0 Å². The number of rotatable bonds is 5. The lowest BCUT2D eigenvalue weighted by Crippen LogP contribution is -2.41. The lowest BCUT2D eigenvalue weighted by atomic mass is 9.96. The molecule has 3 heterocycles. The summed E-state index contributed by atoms with van der Waals surface area (Å²) in [6.45, 7) is 1.01. The second-order valence-electron chi connectivity index (χ2n) is 9.47. The average Bonchev–Trinajstić information content (AvgIpc) is 3.45. The van der Waals surface area contributed by atoms with Crippen LogP contribution in [0.15, 0.2) is 88.6 Å². The van der Waals surface area contributed by atoms with E-state index in [2.05, 4.69) is 10.3 Å². The van der Waals surface area contributed by atoms with E-state index in [0.29, 0.717) is 24.5 Å². The first kappa shape index (κ1) is 23.4.